The van der Waals surface area contributed by atoms with Crippen LogP contribution in [0.25, 0.3) is 11.6 Å². The second-order valence-electron chi connectivity index (χ2n) is 4.31. The van der Waals surface area contributed by atoms with Gasteiger partial charge in [-0.25, -0.2) is 0 Å². The highest BCUT2D eigenvalue weighted by Gasteiger charge is 2.02. The van der Waals surface area contributed by atoms with Crippen molar-refractivity contribution in [2.24, 2.45) is 0 Å². The molecule has 0 saturated carbocycles. The summed E-state index contributed by atoms with van der Waals surface area (Å²) >= 11 is 0. The summed E-state index contributed by atoms with van der Waals surface area (Å²) in [5.74, 6) is 0. The molecule has 0 aliphatic rings. The SMILES string of the molecule is C=C(/C(C#N)=C/C=C/c1ccccc1)c1ccccc1. The Morgan fingerprint density at radius 3 is 2.15 bits per heavy atom. The van der Waals surface area contributed by atoms with Crippen LogP contribution in [0.1, 0.15) is 11.1 Å². The fraction of sp³-hybridized carbons (Fsp3) is 0. The third kappa shape index (κ3) is 3.57. The molecular weight excluding hydrogens is 242 g/mol. The lowest BCUT2D eigenvalue weighted by Gasteiger charge is -2.02. The van der Waals surface area contributed by atoms with E-state index < -0.39 is 0 Å². The molecule has 0 spiro atoms. The smallest absolute Gasteiger partial charge is 0.0997 e. The molecule has 2 rings (SSSR count). The molecule has 0 aliphatic carbocycles. The van der Waals surface area contributed by atoms with Gasteiger partial charge in [0.1, 0.15) is 0 Å². The van der Waals surface area contributed by atoms with E-state index in [0.717, 1.165) is 16.7 Å². The highest BCUT2D eigenvalue weighted by Crippen LogP contribution is 2.20. The van der Waals surface area contributed by atoms with Gasteiger partial charge in [-0.2, -0.15) is 5.26 Å². The van der Waals surface area contributed by atoms with Gasteiger partial charge in [0.15, 0.2) is 0 Å². The van der Waals surface area contributed by atoms with Crippen molar-refractivity contribution in [2.45, 2.75) is 0 Å². The fourth-order valence-electron chi connectivity index (χ4n) is 1.82. The Labute approximate surface area is 119 Å². The molecule has 0 fully saturated rings. The van der Waals surface area contributed by atoms with E-state index in [1.165, 1.54) is 0 Å². The van der Waals surface area contributed by atoms with E-state index in [1.807, 2.05) is 72.8 Å². The molecule has 0 heterocycles. The molecule has 0 aromatic heterocycles. The van der Waals surface area contributed by atoms with Crippen molar-refractivity contribution >= 4 is 11.6 Å². The lowest BCUT2D eigenvalue weighted by molar-refractivity contribution is 1.49. The Kier molecular flexibility index (Phi) is 4.70. The highest BCUT2D eigenvalue weighted by atomic mass is 14.2. The van der Waals surface area contributed by atoms with Crippen molar-refractivity contribution in [3.05, 3.63) is 96.1 Å². The van der Waals surface area contributed by atoms with Crippen LogP contribution in [0.4, 0.5) is 0 Å². The molecule has 0 unspecified atom stereocenters. The summed E-state index contributed by atoms with van der Waals surface area (Å²) in [5, 5.41) is 9.24. The normalized spacial score (nSPS) is 11.2. The van der Waals surface area contributed by atoms with Gasteiger partial charge in [-0.15, -0.1) is 0 Å². The van der Waals surface area contributed by atoms with Crippen LogP contribution in [-0.2, 0) is 0 Å². The first kappa shape index (κ1) is 13.6. The monoisotopic (exact) mass is 257 g/mol. The van der Waals surface area contributed by atoms with Gasteiger partial charge in [-0.3, -0.25) is 0 Å². The van der Waals surface area contributed by atoms with Gasteiger partial charge >= 0.3 is 0 Å². The molecule has 0 radical (unpaired) electrons. The maximum absolute atomic E-state index is 9.24. The Bertz CT molecular complexity index is 671. The van der Waals surface area contributed by atoms with Gasteiger partial charge in [0.25, 0.3) is 0 Å². The Morgan fingerprint density at radius 2 is 1.55 bits per heavy atom. The largest absolute Gasteiger partial charge is 0.192 e. The van der Waals surface area contributed by atoms with Crippen LogP contribution in [-0.4, -0.2) is 0 Å². The zero-order chi connectivity index (χ0) is 14.2. The quantitative estimate of drug-likeness (QED) is 0.566. The van der Waals surface area contributed by atoms with Crippen molar-refractivity contribution < 1.29 is 0 Å². The average Bonchev–Trinajstić information content (AvgIpc) is 2.53. The minimum Gasteiger partial charge on any atom is -0.192 e. The Hall–Kier alpha value is -2.85. The summed E-state index contributed by atoms with van der Waals surface area (Å²) in [7, 11) is 0. The second-order valence-corrected chi connectivity index (χ2v) is 4.31. The minimum absolute atomic E-state index is 0.573. The first-order valence-electron chi connectivity index (χ1n) is 6.39. The molecule has 2 aromatic rings. The van der Waals surface area contributed by atoms with Gasteiger partial charge in [0.05, 0.1) is 11.6 Å². The summed E-state index contributed by atoms with van der Waals surface area (Å²) in [6.07, 6.45) is 5.64. The number of hydrogen-bond acceptors (Lipinski definition) is 1. The molecule has 0 aliphatic heterocycles. The molecule has 0 saturated heterocycles. The summed E-state index contributed by atoms with van der Waals surface area (Å²) < 4.78 is 0. The lowest BCUT2D eigenvalue weighted by atomic mass is 10.00. The number of hydrogen-bond donors (Lipinski definition) is 0. The average molecular weight is 257 g/mol. The fourth-order valence-corrected chi connectivity index (χ4v) is 1.82. The standard InChI is InChI=1S/C19H15N/c1-16(18-12-6-3-7-13-18)19(15-20)14-8-11-17-9-4-2-5-10-17/h2-14H,1H2/b11-8+,19-14+. The molecule has 1 heteroatoms. The molecule has 0 atom stereocenters. The summed E-state index contributed by atoms with van der Waals surface area (Å²) in [5.41, 5.74) is 3.38. The van der Waals surface area contributed by atoms with Crippen molar-refractivity contribution in [1.29, 1.82) is 5.26 Å². The van der Waals surface area contributed by atoms with E-state index in [4.69, 9.17) is 0 Å². The molecule has 1 nitrogen and oxygen atoms in total. The van der Waals surface area contributed by atoms with Gasteiger partial charge in [0.2, 0.25) is 0 Å². The topological polar surface area (TPSA) is 23.8 Å². The number of nitriles is 1. The van der Waals surface area contributed by atoms with Gasteiger partial charge < -0.3 is 0 Å². The molecule has 0 bridgehead atoms. The Morgan fingerprint density at radius 1 is 0.950 bits per heavy atom. The lowest BCUT2D eigenvalue weighted by Crippen LogP contribution is -1.85. The summed E-state index contributed by atoms with van der Waals surface area (Å²) in [4.78, 5) is 0. The molecular formula is C19H15N. The molecule has 2 aromatic carbocycles. The number of nitrogens with zero attached hydrogens (tertiary/aromatic N) is 1. The molecule has 0 N–H and O–H groups in total. The minimum atomic E-state index is 0.573. The first-order chi connectivity index (χ1) is 9.81. The zero-order valence-corrected chi connectivity index (χ0v) is 11.2. The first-order valence-corrected chi connectivity index (χ1v) is 6.39. The van der Waals surface area contributed by atoms with Crippen LogP contribution in [0.3, 0.4) is 0 Å². The van der Waals surface area contributed by atoms with E-state index >= 15 is 0 Å². The van der Waals surface area contributed by atoms with Crippen molar-refractivity contribution in [1.82, 2.24) is 0 Å². The second kappa shape index (κ2) is 6.92. The number of rotatable bonds is 4. The summed E-state index contributed by atoms with van der Waals surface area (Å²) in [6, 6.07) is 21.9. The van der Waals surface area contributed by atoms with E-state index in [-0.39, 0.29) is 0 Å². The zero-order valence-electron chi connectivity index (χ0n) is 11.2. The predicted octanol–water partition coefficient (Wildman–Crippen LogP) is 4.86. The molecule has 20 heavy (non-hydrogen) atoms. The van der Waals surface area contributed by atoms with Crippen molar-refractivity contribution in [3.8, 4) is 6.07 Å². The van der Waals surface area contributed by atoms with E-state index in [1.54, 1.807) is 6.08 Å². The maximum atomic E-state index is 9.24. The van der Waals surface area contributed by atoms with E-state index in [2.05, 4.69) is 12.6 Å². The number of allylic oxidation sites excluding steroid dienone is 4. The van der Waals surface area contributed by atoms with Gasteiger partial charge in [-0.1, -0.05) is 79.4 Å². The van der Waals surface area contributed by atoms with Gasteiger partial charge in [0, 0.05) is 0 Å². The van der Waals surface area contributed by atoms with E-state index in [9.17, 15) is 5.26 Å². The third-order valence-electron chi connectivity index (χ3n) is 2.92. The summed E-state index contributed by atoms with van der Waals surface area (Å²) in [6.45, 7) is 4.00. The highest BCUT2D eigenvalue weighted by molar-refractivity contribution is 5.81. The van der Waals surface area contributed by atoms with Gasteiger partial charge in [-0.05, 0) is 22.8 Å². The number of benzene rings is 2. The van der Waals surface area contributed by atoms with E-state index in [0.29, 0.717) is 5.57 Å². The van der Waals surface area contributed by atoms with Crippen LogP contribution < -0.4 is 0 Å². The third-order valence-corrected chi connectivity index (χ3v) is 2.92. The maximum Gasteiger partial charge on any atom is 0.0997 e. The van der Waals surface area contributed by atoms with Crippen molar-refractivity contribution in [3.63, 3.8) is 0 Å². The van der Waals surface area contributed by atoms with Crippen molar-refractivity contribution in [2.75, 3.05) is 0 Å². The van der Waals surface area contributed by atoms with Crippen LogP contribution in [0, 0.1) is 11.3 Å². The van der Waals surface area contributed by atoms with Crippen LogP contribution in [0.5, 0.6) is 0 Å². The van der Waals surface area contributed by atoms with Crippen LogP contribution in [0.15, 0.2) is 85.0 Å². The molecule has 0 amide bonds. The van der Waals surface area contributed by atoms with Crippen LogP contribution >= 0.6 is 0 Å². The predicted molar refractivity (Wildman–Crippen MR) is 84.6 cm³/mol. The molecule has 96 valence electrons. The Balaban J connectivity index is 2.17. The van der Waals surface area contributed by atoms with Crippen LogP contribution in [0.2, 0.25) is 0 Å².